The van der Waals surface area contributed by atoms with Gasteiger partial charge in [-0.15, -0.1) is 0 Å². The van der Waals surface area contributed by atoms with Crippen LogP contribution in [0.3, 0.4) is 0 Å². The van der Waals surface area contributed by atoms with E-state index in [0.29, 0.717) is 22.0 Å². The molecule has 0 aliphatic carbocycles. The van der Waals surface area contributed by atoms with Crippen LogP contribution in [0.1, 0.15) is 10.4 Å². The fraction of sp³-hybridized carbons (Fsp3) is 0.0769. The number of carbonyl (C=O) groups is 1. The maximum absolute atomic E-state index is 12.5. The summed E-state index contributed by atoms with van der Waals surface area (Å²) in [7, 11) is 3.25. The second-order valence-electron chi connectivity index (χ2n) is 7.02. The van der Waals surface area contributed by atoms with Crippen molar-refractivity contribution in [2.75, 3.05) is 19.5 Å². The zero-order chi connectivity index (χ0) is 22.5. The number of methoxy groups -OCH3 is 2. The standard InChI is InChI=1S/C26H21ClN2O3/c1-31-21-13-14-25(32-2)22(16-21)24-8-4-7-23(29-24)18-5-3-6-20(15-18)28-26(30)17-9-11-19(27)12-10-17/h3-16H,1-2H3,(H,28,30). The molecular formula is C26H21ClN2O3. The fourth-order valence-corrected chi connectivity index (χ4v) is 3.45. The van der Waals surface area contributed by atoms with Crippen molar-refractivity contribution in [3.63, 3.8) is 0 Å². The molecule has 5 nitrogen and oxygen atoms in total. The molecule has 0 spiro atoms. The maximum Gasteiger partial charge on any atom is 0.255 e. The van der Waals surface area contributed by atoms with E-state index in [4.69, 9.17) is 26.1 Å². The Balaban J connectivity index is 1.63. The zero-order valence-corrected chi connectivity index (χ0v) is 18.4. The number of amides is 1. The number of pyridine rings is 1. The summed E-state index contributed by atoms with van der Waals surface area (Å²) in [5, 5.41) is 3.51. The molecule has 0 bridgehead atoms. The molecule has 0 saturated heterocycles. The molecule has 0 aliphatic heterocycles. The Labute approximate surface area is 191 Å². The Morgan fingerprint density at radius 3 is 2.34 bits per heavy atom. The van der Waals surface area contributed by atoms with Gasteiger partial charge in [0.1, 0.15) is 11.5 Å². The maximum atomic E-state index is 12.5. The van der Waals surface area contributed by atoms with Gasteiger partial charge in [0, 0.05) is 27.4 Å². The van der Waals surface area contributed by atoms with Gasteiger partial charge >= 0.3 is 0 Å². The Morgan fingerprint density at radius 2 is 1.59 bits per heavy atom. The monoisotopic (exact) mass is 444 g/mol. The highest BCUT2D eigenvalue weighted by Crippen LogP contribution is 2.33. The SMILES string of the molecule is COc1ccc(OC)c(-c2cccc(-c3cccc(NC(=O)c4ccc(Cl)cc4)c3)n2)c1. The summed E-state index contributed by atoms with van der Waals surface area (Å²) in [5.41, 5.74) is 4.45. The van der Waals surface area contributed by atoms with Crippen molar-refractivity contribution in [1.29, 1.82) is 0 Å². The van der Waals surface area contributed by atoms with E-state index in [9.17, 15) is 4.79 Å². The van der Waals surface area contributed by atoms with E-state index in [0.717, 1.165) is 28.3 Å². The van der Waals surface area contributed by atoms with Crippen molar-refractivity contribution in [2.24, 2.45) is 0 Å². The van der Waals surface area contributed by atoms with Crippen molar-refractivity contribution in [2.45, 2.75) is 0 Å². The smallest absolute Gasteiger partial charge is 0.255 e. The van der Waals surface area contributed by atoms with E-state index >= 15 is 0 Å². The zero-order valence-electron chi connectivity index (χ0n) is 17.6. The normalized spacial score (nSPS) is 10.5. The van der Waals surface area contributed by atoms with Crippen molar-refractivity contribution >= 4 is 23.2 Å². The molecule has 0 fully saturated rings. The van der Waals surface area contributed by atoms with E-state index in [2.05, 4.69) is 5.32 Å². The van der Waals surface area contributed by atoms with Crippen LogP contribution in [0, 0.1) is 0 Å². The molecule has 1 aromatic heterocycles. The third-order valence-corrected chi connectivity index (χ3v) is 5.21. The molecule has 1 N–H and O–H groups in total. The second-order valence-corrected chi connectivity index (χ2v) is 7.45. The predicted octanol–water partition coefficient (Wildman–Crippen LogP) is 6.34. The van der Waals surface area contributed by atoms with Crippen LogP contribution in [0.25, 0.3) is 22.5 Å². The lowest BCUT2D eigenvalue weighted by Crippen LogP contribution is -2.11. The van der Waals surface area contributed by atoms with Gasteiger partial charge in [0.05, 0.1) is 25.6 Å². The molecular weight excluding hydrogens is 424 g/mol. The van der Waals surface area contributed by atoms with Crippen LogP contribution in [0.2, 0.25) is 5.02 Å². The van der Waals surface area contributed by atoms with Gasteiger partial charge in [-0.1, -0.05) is 29.8 Å². The lowest BCUT2D eigenvalue weighted by atomic mass is 10.1. The summed E-state index contributed by atoms with van der Waals surface area (Å²) in [5.74, 6) is 1.22. The number of nitrogens with one attached hydrogen (secondary N) is 1. The minimum atomic E-state index is -0.207. The van der Waals surface area contributed by atoms with Gasteiger partial charge in [-0.05, 0) is 66.7 Å². The van der Waals surface area contributed by atoms with Gasteiger partial charge in [-0.3, -0.25) is 4.79 Å². The number of anilines is 1. The summed E-state index contributed by atoms with van der Waals surface area (Å²) in [6.07, 6.45) is 0. The third kappa shape index (κ3) is 4.74. The van der Waals surface area contributed by atoms with Crippen molar-refractivity contribution in [3.05, 3.63) is 95.5 Å². The average molecular weight is 445 g/mol. The molecule has 4 rings (SSSR count). The van der Waals surface area contributed by atoms with E-state index < -0.39 is 0 Å². The van der Waals surface area contributed by atoms with Crippen LogP contribution >= 0.6 is 11.6 Å². The molecule has 6 heteroatoms. The second kappa shape index (κ2) is 9.54. The van der Waals surface area contributed by atoms with Gasteiger partial charge in [-0.25, -0.2) is 4.98 Å². The average Bonchev–Trinajstić information content (AvgIpc) is 2.84. The minimum absolute atomic E-state index is 0.207. The fourth-order valence-electron chi connectivity index (χ4n) is 3.32. The number of nitrogens with zero attached hydrogens (tertiary/aromatic N) is 1. The largest absolute Gasteiger partial charge is 0.497 e. The number of ether oxygens (including phenoxy) is 2. The van der Waals surface area contributed by atoms with Crippen LogP contribution in [0.15, 0.2) is 84.9 Å². The summed E-state index contributed by atoms with van der Waals surface area (Å²) in [6, 6.07) is 25.7. The lowest BCUT2D eigenvalue weighted by Gasteiger charge is -2.12. The summed E-state index contributed by atoms with van der Waals surface area (Å²) in [6.45, 7) is 0. The molecule has 0 radical (unpaired) electrons. The third-order valence-electron chi connectivity index (χ3n) is 4.95. The lowest BCUT2D eigenvalue weighted by molar-refractivity contribution is 0.102. The summed E-state index contributed by atoms with van der Waals surface area (Å²) in [4.78, 5) is 17.4. The first kappa shape index (κ1) is 21.4. The van der Waals surface area contributed by atoms with Crippen LogP contribution < -0.4 is 14.8 Å². The molecule has 32 heavy (non-hydrogen) atoms. The Hall–Kier alpha value is -3.83. The van der Waals surface area contributed by atoms with Crippen LogP contribution in [0.4, 0.5) is 5.69 Å². The molecule has 0 saturated carbocycles. The van der Waals surface area contributed by atoms with E-state index in [1.54, 1.807) is 38.5 Å². The Morgan fingerprint density at radius 1 is 0.844 bits per heavy atom. The number of rotatable bonds is 6. The highest BCUT2D eigenvalue weighted by atomic mass is 35.5. The van der Waals surface area contributed by atoms with E-state index in [1.807, 2.05) is 60.7 Å². The van der Waals surface area contributed by atoms with E-state index in [1.165, 1.54) is 0 Å². The molecule has 0 aliphatic rings. The van der Waals surface area contributed by atoms with Crippen LogP contribution in [-0.4, -0.2) is 25.1 Å². The molecule has 0 unspecified atom stereocenters. The molecule has 1 heterocycles. The number of hydrogen-bond acceptors (Lipinski definition) is 4. The topological polar surface area (TPSA) is 60.5 Å². The number of aromatic nitrogens is 1. The predicted molar refractivity (Wildman–Crippen MR) is 128 cm³/mol. The first-order valence-corrected chi connectivity index (χ1v) is 10.3. The van der Waals surface area contributed by atoms with Crippen LogP contribution in [0.5, 0.6) is 11.5 Å². The Kier molecular flexibility index (Phi) is 6.38. The van der Waals surface area contributed by atoms with Crippen molar-refractivity contribution in [3.8, 4) is 34.0 Å². The molecule has 3 aromatic carbocycles. The summed E-state index contributed by atoms with van der Waals surface area (Å²) >= 11 is 5.90. The van der Waals surface area contributed by atoms with Gasteiger partial charge < -0.3 is 14.8 Å². The number of hydrogen-bond donors (Lipinski definition) is 1. The molecule has 0 atom stereocenters. The van der Waals surface area contributed by atoms with Crippen LogP contribution in [-0.2, 0) is 0 Å². The molecule has 1 amide bonds. The van der Waals surface area contributed by atoms with Gasteiger partial charge in [0.2, 0.25) is 0 Å². The summed E-state index contributed by atoms with van der Waals surface area (Å²) < 4.78 is 10.9. The highest BCUT2D eigenvalue weighted by Gasteiger charge is 2.11. The quantitative estimate of drug-likeness (QED) is 0.377. The molecule has 4 aromatic rings. The van der Waals surface area contributed by atoms with Crippen molar-refractivity contribution in [1.82, 2.24) is 4.98 Å². The number of benzene rings is 3. The number of halogens is 1. The minimum Gasteiger partial charge on any atom is -0.497 e. The van der Waals surface area contributed by atoms with E-state index in [-0.39, 0.29) is 5.91 Å². The van der Waals surface area contributed by atoms with Crippen molar-refractivity contribution < 1.29 is 14.3 Å². The number of carbonyl (C=O) groups excluding carboxylic acids is 1. The Bertz CT molecular complexity index is 1260. The molecule has 160 valence electrons. The van der Waals surface area contributed by atoms with Gasteiger partial charge in [-0.2, -0.15) is 0 Å². The first-order chi connectivity index (χ1) is 15.6. The van der Waals surface area contributed by atoms with Gasteiger partial charge in [0.25, 0.3) is 5.91 Å². The first-order valence-electron chi connectivity index (χ1n) is 9.94. The highest BCUT2D eigenvalue weighted by molar-refractivity contribution is 6.30. The van der Waals surface area contributed by atoms with Gasteiger partial charge in [0.15, 0.2) is 0 Å².